The molecule has 0 aromatic carbocycles. The molecule has 2 saturated carbocycles. The zero-order valence-corrected chi connectivity index (χ0v) is 14.1. The number of nitrogens with one attached hydrogen (secondary N) is 1. The van der Waals surface area contributed by atoms with Gasteiger partial charge in [-0.05, 0) is 44.4 Å². The first-order chi connectivity index (χ1) is 11.2. The van der Waals surface area contributed by atoms with Gasteiger partial charge in [-0.15, -0.1) is 0 Å². The molecule has 2 amide bonds. The molecule has 0 aromatic rings. The molecular weight excluding hydrogens is 292 g/mol. The van der Waals surface area contributed by atoms with E-state index in [2.05, 4.69) is 5.32 Å². The largest absolute Gasteiger partial charge is 0.376 e. The van der Waals surface area contributed by atoms with Crippen LogP contribution in [-0.4, -0.2) is 48.6 Å². The van der Waals surface area contributed by atoms with Crippen LogP contribution in [-0.2, 0) is 14.3 Å². The van der Waals surface area contributed by atoms with Gasteiger partial charge in [0, 0.05) is 38.6 Å². The average molecular weight is 322 g/mol. The number of ether oxygens (including phenoxy) is 1. The smallest absolute Gasteiger partial charge is 0.223 e. The van der Waals surface area contributed by atoms with Crippen molar-refractivity contribution in [3.63, 3.8) is 0 Å². The number of nitrogens with zero attached hydrogens (tertiary/aromatic N) is 1. The predicted molar refractivity (Wildman–Crippen MR) is 87.9 cm³/mol. The van der Waals surface area contributed by atoms with Gasteiger partial charge >= 0.3 is 0 Å². The van der Waals surface area contributed by atoms with E-state index < -0.39 is 0 Å². The molecule has 3 rings (SSSR count). The Bertz CT molecular complexity index is 410. The minimum atomic E-state index is 0.0359. The molecule has 5 heteroatoms. The third-order valence-electron chi connectivity index (χ3n) is 5.26. The van der Waals surface area contributed by atoms with Gasteiger partial charge in [0.15, 0.2) is 0 Å². The van der Waals surface area contributed by atoms with Crippen molar-refractivity contribution in [1.29, 1.82) is 0 Å². The molecule has 1 N–H and O–H groups in total. The quantitative estimate of drug-likeness (QED) is 0.745. The standard InChI is InChI=1S/C18H30N2O3/c21-17(19-15-4-1-2-5-15)9-10-18(22)20(12-14-7-8-14)13-16-6-3-11-23-16/h14-16H,1-13H2,(H,19,21). The second-order valence-corrected chi connectivity index (χ2v) is 7.43. The lowest BCUT2D eigenvalue weighted by Crippen LogP contribution is -2.39. The van der Waals surface area contributed by atoms with Crippen LogP contribution in [0.4, 0.5) is 0 Å². The molecule has 23 heavy (non-hydrogen) atoms. The zero-order valence-electron chi connectivity index (χ0n) is 14.1. The molecule has 0 radical (unpaired) electrons. The van der Waals surface area contributed by atoms with Gasteiger partial charge in [0.05, 0.1) is 6.10 Å². The van der Waals surface area contributed by atoms with Gasteiger partial charge < -0.3 is 15.0 Å². The van der Waals surface area contributed by atoms with Crippen molar-refractivity contribution in [2.75, 3.05) is 19.7 Å². The molecule has 1 unspecified atom stereocenters. The van der Waals surface area contributed by atoms with E-state index in [9.17, 15) is 9.59 Å². The van der Waals surface area contributed by atoms with Crippen molar-refractivity contribution >= 4 is 11.8 Å². The van der Waals surface area contributed by atoms with Crippen LogP contribution in [0.1, 0.15) is 64.2 Å². The Morgan fingerprint density at radius 2 is 1.74 bits per heavy atom. The normalized spacial score (nSPS) is 24.8. The second-order valence-electron chi connectivity index (χ2n) is 7.43. The maximum atomic E-state index is 12.5. The molecule has 0 spiro atoms. The summed E-state index contributed by atoms with van der Waals surface area (Å²) in [5.74, 6) is 0.829. The van der Waals surface area contributed by atoms with Gasteiger partial charge in [-0.25, -0.2) is 0 Å². The number of amides is 2. The highest BCUT2D eigenvalue weighted by Gasteiger charge is 2.29. The maximum Gasteiger partial charge on any atom is 0.223 e. The first-order valence-electron chi connectivity index (χ1n) is 9.39. The lowest BCUT2D eigenvalue weighted by molar-refractivity contribution is -0.135. The summed E-state index contributed by atoms with van der Waals surface area (Å²) in [4.78, 5) is 26.5. The fourth-order valence-electron chi connectivity index (χ4n) is 3.67. The Hall–Kier alpha value is -1.10. The number of hydrogen-bond donors (Lipinski definition) is 1. The Morgan fingerprint density at radius 1 is 0.957 bits per heavy atom. The summed E-state index contributed by atoms with van der Waals surface area (Å²) in [5.41, 5.74) is 0. The van der Waals surface area contributed by atoms with Crippen LogP contribution < -0.4 is 5.32 Å². The average Bonchev–Trinajstić information content (AvgIpc) is 3.00. The molecule has 130 valence electrons. The van der Waals surface area contributed by atoms with Crippen LogP contribution >= 0.6 is 0 Å². The Kier molecular flexibility index (Phi) is 5.92. The first kappa shape index (κ1) is 16.7. The lowest BCUT2D eigenvalue weighted by Gasteiger charge is -2.25. The van der Waals surface area contributed by atoms with Crippen LogP contribution in [0.15, 0.2) is 0 Å². The molecule has 3 aliphatic rings. The molecule has 3 fully saturated rings. The summed E-state index contributed by atoms with van der Waals surface area (Å²) < 4.78 is 5.68. The highest BCUT2D eigenvalue weighted by atomic mass is 16.5. The van der Waals surface area contributed by atoms with Gasteiger partial charge in [-0.1, -0.05) is 12.8 Å². The van der Waals surface area contributed by atoms with Gasteiger partial charge in [0.2, 0.25) is 11.8 Å². The molecule has 2 aliphatic carbocycles. The molecule has 5 nitrogen and oxygen atoms in total. The van der Waals surface area contributed by atoms with Crippen LogP contribution in [0.25, 0.3) is 0 Å². The summed E-state index contributed by atoms with van der Waals surface area (Å²) >= 11 is 0. The minimum absolute atomic E-state index is 0.0359. The lowest BCUT2D eigenvalue weighted by atomic mass is 10.2. The van der Waals surface area contributed by atoms with Crippen molar-refractivity contribution in [2.24, 2.45) is 5.92 Å². The van der Waals surface area contributed by atoms with E-state index in [4.69, 9.17) is 4.74 Å². The van der Waals surface area contributed by atoms with Crippen LogP contribution in [0.2, 0.25) is 0 Å². The van der Waals surface area contributed by atoms with Gasteiger partial charge in [0.25, 0.3) is 0 Å². The summed E-state index contributed by atoms with van der Waals surface area (Å²) in [7, 11) is 0. The second kappa shape index (κ2) is 8.13. The maximum absolute atomic E-state index is 12.5. The minimum Gasteiger partial charge on any atom is -0.376 e. The Balaban J connectivity index is 1.41. The number of carbonyl (C=O) groups excluding carboxylic acids is 2. The molecule has 0 aromatic heterocycles. The van der Waals surface area contributed by atoms with E-state index in [1.807, 2.05) is 4.90 Å². The van der Waals surface area contributed by atoms with Crippen LogP contribution in [0.5, 0.6) is 0 Å². The first-order valence-corrected chi connectivity index (χ1v) is 9.39. The van der Waals surface area contributed by atoms with Gasteiger partial charge in [0.1, 0.15) is 0 Å². The third-order valence-corrected chi connectivity index (χ3v) is 5.26. The molecule has 1 aliphatic heterocycles. The topological polar surface area (TPSA) is 58.6 Å². The number of rotatable bonds is 8. The van der Waals surface area contributed by atoms with Crippen LogP contribution in [0.3, 0.4) is 0 Å². The number of hydrogen-bond acceptors (Lipinski definition) is 3. The predicted octanol–water partition coefficient (Wildman–Crippen LogP) is 2.24. The molecule has 0 bridgehead atoms. The van der Waals surface area contributed by atoms with Crippen molar-refractivity contribution in [2.45, 2.75) is 76.4 Å². The molecule has 1 saturated heterocycles. The fourth-order valence-corrected chi connectivity index (χ4v) is 3.67. The van der Waals surface area contributed by atoms with E-state index in [1.165, 1.54) is 25.7 Å². The Labute approximate surface area is 139 Å². The molecular formula is C18H30N2O3. The Morgan fingerprint density at radius 3 is 2.39 bits per heavy atom. The highest BCUT2D eigenvalue weighted by molar-refractivity contribution is 5.84. The van der Waals surface area contributed by atoms with Gasteiger partial charge in [-0.3, -0.25) is 9.59 Å². The van der Waals surface area contributed by atoms with Crippen LogP contribution in [0, 0.1) is 5.92 Å². The summed E-state index contributed by atoms with van der Waals surface area (Å²) in [5, 5.41) is 3.07. The van der Waals surface area contributed by atoms with E-state index in [0.717, 1.165) is 38.8 Å². The van der Waals surface area contributed by atoms with Crippen molar-refractivity contribution in [3.8, 4) is 0 Å². The van der Waals surface area contributed by atoms with Crippen molar-refractivity contribution in [3.05, 3.63) is 0 Å². The summed E-state index contributed by atoms with van der Waals surface area (Å²) in [6, 6.07) is 0.340. The number of carbonyl (C=O) groups is 2. The monoisotopic (exact) mass is 322 g/mol. The molecule has 1 atom stereocenters. The summed E-state index contributed by atoms with van der Waals surface area (Å²) in [6.45, 7) is 2.38. The van der Waals surface area contributed by atoms with Crippen molar-refractivity contribution in [1.82, 2.24) is 10.2 Å². The van der Waals surface area contributed by atoms with Crippen molar-refractivity contribution < 1.29 is 14.3 Å². The third kappa shape index (κ3) is 5.48. The van der Waals surface area contributed by atoms with Gasteiger partial charge in [-0.2, -0.15) is 0 Å². The van der Waals surface area contributed by atoms with E-state index >= 15 is 0 Å². The highest BCUT2D eigenvalue weighted by Crippen LogP contribution is 2.30. The fraction of sp³-hybridized carbons (Fsp3) is 0.889. The zero-order chi connectivity index (χ0) is 16.1. The van der Waals surface area contributed by atoms with E-state index in [1.54, 1.807) is 0 Å². The molecule has 1 heterocycles. The van der Waals surface area contributed by atoms with E-state index in [-0.39, 0.29) is 17.9 Å². The van der Waals surface area contributed by atoms with E-state index in [0.29, 0.717) is 31.3 Å². The summed E-state index contributed by atoms with van der Waals surface area (Å²) in [6.07, 6.45) is 10.1. The SMILES string of the molecule is O=C(CCC(=O)N(CC1CC1)CC1CCCO1)NC1CCCC1.